The van der Waals surface area contributed by atoms with Gasteiger partial charge in [-0.05, 0) is 4.59 Å². The minimum atomic E-state index is -2.22. The van der Waals surface area contributed by atoms with Gasteiger partial charge in [-0.2, -0.15) is 9.05 Å². The van der Waals surface area contributed by atoms with E-state index in [1.807, 2.05) is 0 Å². The summed E-state index contributed by atoms with van der Waals surface area (Å²) in [6.07, 6.45) is 0. The Morgan fingerprint density at radius 1 is 1.15 bits per heavy atom. The Labute approximate surface area is 88.2 Å². The minimum absolute atomic E-state index is 0. The first-order valence-electron chi connectivity index (χ1n) is 2.51. The Bertz CT molecular complexity index is 186. The molecule has 0 aliphatic rings. The van der Waals surface area contributed by atoms with Gasteiger partial charge in [0.25, 0.3) is 0 Å². The van der Waals surface area contributed by atoms with Gasteiger partial charge in [0.15, 0.2) is 4.59 Å². The van der Waals surface area contributed by atoms with E-state index in [1.165, 1.54) is 0 Å². The van der Waals surface area contributed by atoms with E-state index in [1.54, 1.807) is 0 Å². The molecule has 0 amide bonds. The van der Waals surface area contributed by atoms with Crippen LogP contribution in [0.5, 0.6) is 0 Å². The zero-order valence-corrected chi connectivity index (χ0v) is 10.6. The number of nitro groups is 1. The van der Waals surface area contributed by atoms with Crippen LogP contribution in [0.2, 0.25) is 0 Å². The molecule has 0 bridgehead atoms. The maximum Gasteiger partial charge on any atom is 0.731 e. The van der Waals surface area contributed by atoms with Gasteiger partial charge >= 0.3 is 24.9 Å². The number of hydrogen-bond donors (Lipinski definition) is 1. The smallest absolute Gasteiger partial charge is 0.286 e. The van der Waals surface area contributed by atoms with Crippen molar-refractivity contribution in [2.75, 3.05) is 0 Å². The quantitative estimate of drug-likeness (QED) is 0.316. The average molecular weight is 316 g/mol. The predicted octanol–water partition coefficient (Wildman–Crippen LogP) is -2.93. The van der Waals surface area contributed by atoms with Gasteiger partial charge in [-0.15, -0.1) is 0 Å². The van der Waals surface area contributed by atoms with Crippen LogP contribution >= 0.6 is 0 Å². The first-order valence-corrected chi connectivity index (χ1v) is 4.92. The Morgan fingerprint density at radius 2 is 1.62 bits per heavy atom. The van der Waals surface area contributed by atoms with Crippen LogP contribution in [0, 0.1) is 19.9 Å². The monoisotopic (exact) mass is 317 g/mol. The molecule has 0 aliphatic heterocycles. The molecule has 76 valence electrons. The van der Waals surface area contributed by atoms with Crippen molar-refractivity contribution in [1.82, 2.24) is 0 Å². The zero-order valence-electron chi connectivity index (χ0n) is 6.01. The summed E-state index contributed by atoms with van der Waals surface area (Å²) in [5.41, 5.74) is 0. The van der Waals surface area contributed by atoms with Crippen molar-refractivity contribution in [1.29, 1.82) is 0 Å². The number of rotatable bonds is 6. The standard InChI is InChI=1S/H5N3O7Si2.Ru/c4-1(5)11-9-3(8)10-12-2(6)7;/h11-12H2,(H,4,5);/q+2;. The molecular formula is H5N3O7RuSi2+2. The molecule has 0 saturated carbocycles. The fourth-order valence-corrected chi connectivity index (χ4v) is 0.908. The topological polar surface area (TPSA) is 122 Å². The molecule has 1 N–H and O–H groups in total. The van der Waals surface area contributed by atoms with E-state index in [2.05, 4.69) is 9.05 Å². The van der Waals surface area contributed by atoms with Gasteiger partial charge in [0.1, 0.15) is 4.91 Å². The molecule has 0 aromatic carbocycles. The summed E-state index contributed by atoms with van der Waals surface area (Å²) in [4.78, 5) is 29.6. The summed E-state index contributed by atoms with van der Waals surface area (Å²) in [6, 6.07) is 0. The molecule has 0 saturated heterocycles. The van der Waals surface area contributed by atoms with E-state index < -0.39 is 34.1 Å². The third-order valence-corrected chi connectivity index (χ3v) is 1.63. The van der Waals surface area contributed by atoms with Crippen LogP contribution in [-0.2, 0) is 28.5 Å². The van der Waals surface area contributed by atoms with Gasteiger partial charge in [-0.1, -0.05) is 0 Å². The number of hydrogen-bond acceptors (Lipinski definition) is 6. The molecule has 0 aromatic rings. The van der Waals surface area contributed by atoms with Gasteiger partial charge in [0, 0.05) is 19.5 Å². The number of nitrogens with zero attached hydrogens (tertiary/aromatic N) is 3. The molecular weight excluding hydrogens is 311 g/mol. The zero-order chi connectivity index (χ0) is 9.56. The van der Waals surface area contributed by atoms with Crippen LogP contribution in [0.4, 0.5) is 0 Å². The molecule has 0 radical (unpaired) electrons. The fourth-order valence-electron chi connectivity index (χ4n) is 0.228. The van der Waals surface area contributed by atoms with Crippen molar-refractivity contribution in [3.8, 4) is 0 Å². The van der Waals surface area contributed by atoms with Gasteiger partial charge in [-0.25, -0.2) is 0 Å². The van der Waals surface area contributed by atoms with E-state index in [0.717, 1.165) is 0 Å². The second-order valence-corrected chi connectivity index (χ2v) is 3.52. The predicted molar refractivity (Wildman–Crippen MR) is 35.3 cm³/mol. The summed E-state index contributed by atoms with van der Waals surface area (Å²) in [7, 11) is -4.34. The molecule has 0 heterocycles. The first-order chi connectivity index (χ1) is 5.52. The van der Waals surface area contributed by atoms with Crippen molar-refractivity contribution in [3.63, 3.8) is 0 Å². The maximum atomic E-state index is 10.2. The summed E-state index contributed by atoms with van der Waals surface area (Å²) >= 11 is 0. The van der Waals surface area contributed by atoms with E-state index in [4.69, 9.17) is 5.21 Å². The van der Waals surface area contributed by atoms with Crippen LogP contribution in [0.25, 0.3) is 0 Å². The molecule has 13 heavy (non-hydrogen) atoms. The second kappa shape index (κ2) is 7.69. The molecule has 0 unspecified atom stereocenters. The third-order valence-electron chi connectivity index (χ3n) is 0.542. The molecule has 10 nitrogen and oxygen atoms in total. The molecule has 0 atom stereocenters. The molecule has 0 rings (SSSR count). The normalized spacial score (nSPS) is 9.85. The molecule has 13 heteroatoms. The van der Waals surface area contributed by atoms with Crippen molar-refractivity contribution in [2.24, 2.45) is 0 Å². The van der Waals surface area contributed by atoms with Crippen LogP contribution in [-0.4, -0.2) is 39.3 Å². The van der Waals surface area contributed by atoms with Crippen molar-refractivity contribution in [3.05, 3.63) is 19.9 Å². The second-order valence-electron chi connectivity index (χ2n) is 1.42. The fraction of sp³-hybridized carbons (Fsp3) is 0. The van der Waals surface area contributed by atoms with Crippen LogP contribution < -0.4 is 0 Å². The van der Waals surface area contributed by atoms with Crippen molar-refractivity contribution < 1.29 is 48.0 Å². The largest absolute Gasteiger partial charge is 0.731 e. The molecule has 0 fully saturated rings. The first kappa shape index (κ1) is 14.6. The SMILES string of the molecule is O=[N+](O[SiH2][N+](=O)[O-])O[SiH2][N+](=O)O.[Ru]. The van der Waals surface area contributed by atoms with Gasteiger partial charge in [-0.3, -0.25) is 15.3 Å². The van der Waals surface area contributed by atoms with Crippen molar-refractivity contribution >= 4 is 19.8 Å². The van der Waals surface area contributed by atoms with Gasteiger partial charge in [0.2, 0.25) is 0 Å². The molecule has 0 aromatic heterocycles. The van der Waals surface area contributed by atoms with E-state index in [9.17, 15) is 19.9 Å². The Hall–Kier alpha value is -0.943. The van der Waals surface area contributed by atoms with Crippen LogP contribution in [0.3, 0.4) is 0 Å². The summed E-state index contributed by atoms with van der Waals surface area (Å²) in [5, 5.41) is 17.1. The molecule has 0 spiro atoms. The third kappa shape index (κ3) is 11.1. The van der Waals surface area contributed by atoms with Crippen LogP contribution in [0.1, 0.15) is 0 Å². The summed E-state index contributed by atoms with van der Waals surface area (Å²) < 4.78 is 6.54. The Kier molecular flexibility index (Phi) is 8.62. The van der Waals surface area contributed by atoms with E-state index in [0.29, 0.717) is 0 Å². The Morgan fingerprint density at radius 3 is 2.00 bits per heavy atom. The van der Waals surface area contributed by atoms with Crippen LogP contribution in [0.15, 0.2) is 0 Å². The molecule has 0 aliphatic carbocycles. The van der Waals surface area contributed by atoms with E-state index >= 15 is 0 Å². The van der Waals surface area contributed by atoms with Crippen molar-refractivity contribution in [2.45, 2.75) is 0 Å². The average Bonchev–Trinajstić information content (AvgIpc) is 1.96. The van der Waals surface area contributed by atoms with Gasteiger partial charge < -0.3 is 0 Å². The Balaban J connectivity index is 0. The summed E-state index contributed by atoms with van der Waals surface area (Å²) in [5.74, 6) is 0. The maximum absolute atomic E-state index is 10.2. The minimum Gasteiger partial charge on any atom is -0.286 e. The summed E-state index contributed by atoms with van der Waals surface area (Å²) in [6.45, 7) is 0. The van der Waals surface area contributed by atoms with Gasteiger partial charge in [0.05, 0.1) is 4.91 Å². The van der Waals surface area contributed by atoms with E-state index in [-0.39, 0.29) is 19.5 Å².